The molecule has 0 aliphatic heterocycles. The van der Waals surface area contributed by atoms with E-state index in [0.717, 1.165) is 16.9 Å². The van der Waals surface area contributed by atoms with Gasteiger partial charge in [0.15, 0.2) is 0 Å². The average Bonchev–Trinajstić information content (AvgIpc) is 2.48. The molecule has 0 atom stereocenters. The summed E-state index contributed by atoms with van der Waals surface area (Å²) < 4.78 is 5.31. The normalized spacial score (nSPS) is 9.54. The van der Waals surface area contributed by atoms with Crippen LogP contribution in [-0.4, -0.2) is 4.98 Å². The zero-order chi connectivity index (χ0) is 9.84. The molecule has 2 heteroatoms. The molecule has 0 spiro atoms. The van der Waals surface area contributed by atoms with Crippen LogP contribution in [0.2, 0.25) is 0 Å². The summed E-state index contributed by atoms with van der Waals surface area (Å²) in [5, 5.41) is 1.09. The molecule has 2 rings (SSSR count). The Bertz CT molecular complexity index is 390. The van der Waals surface area contributed by atoms with Crippen molar-refractivity contribution < 1.29 is 4.42 Å². The molecule has 0 N–H and O–H groups in total. The first-order chi connectivity index (χ1) is 6.25. The van der Waals surface area contributed by atoms with Crippen molar-refractivity contribution in [3.63, 3.8) is 0 Å². The molecule has 0 bridgehead atoms. The van der Waals surface area contributed by atoms with Crippen molar-refractivity contribution in [2.45, 2.75) is 27.7 Å². The van der Waals surface area contributed by atoms with Crippen molar-refractivity contribution in [3.8, 4) is 0 Å². The van der Waals surface area contributed by atoms with Gasteiger partial charge in [0.05, 0.1) is 0 Å². The van der Waals surface area contributed by atoms with E-state index in [1.54, 1.807) is 0 Å². The third kappa shape index (κ3) is 2.08. The summed E-state index contributed by atoms with van der Waals surface area (Å²) in [6.45, 7) is 7.95. The Labute approximate surface area is 78.6 Å². The average molecular weight is 177 g/mol. The maximum Gasteiger partial charge on any atom is 0.226 e. The number of furan rings is 1. The first kappa shape index (κ1) is 9.78. The largest absolute Gasteiger partial charge is 0.443 e. The minimum Gasteiger partial charge on any atom is -0.443 e. The van der Waals surface area contributed by atoms with Gasteiger partial charge < -0.3 is 4.42 Å². The topological polar surface area (TPSA) is 26.0 Å². The van der Waals surface area contributed by atoms with Crippen LogP contribution in [0.1, 0.15) is 25.2 Å². The van der Waals surface area contributed by atoms with E-state index in [4.69, 9.17) is 4.42 Å². The number of aryl methyl sites for hydroxylation is 2. The number of rotatable bonds is 0. The van der Waals surface area contributed by atoms with E-state index in [-0.39, 0.29) is 0 Å². The van der Waals surface area contributed by atoms with Gasteiger partial charge in [-0.15, -0.1) is 0 Å². The molecule has 0 saturated carbocycles. The molecule has 0 aromatic carbocycles. The third-order valence-electron chi connectivity index (χ3n) is 1.63. The fourth-order valence-electron chi connectivity index (χ4n) is 1.17. The van der Waals surface area contributed by atoms with Crippen LogP contribution < -0.4 is 0 Å². The fourth-order valence-corrected chi connectivity index (χ4v) is 1.17. The predicted octanol–water partition coefficient (Wildman–Crippen LogP) is 3.47. The Kier molecular flexibility index (Phi) is 3.07. The fraction of sp³-hybridized carbons (Fsp3) is 0.364. The van der Waals surface area contributed by atoms with Crippen LogP contribution >= 0.6 is 0 Å². The number of hydrogen-bond acceptors (Lipinski definition) is 2. The molecule has 0 saturated heterocycles. The summed E-state index contributed by atoms with van der Waals surface area (Å²) in [6.07, 6.45) is 1.81. The van der Waals surface area contributed by atoms with Crippen molar-refractivity contribution in [1.29, 1.82) is 0 Å². The van der Waals surface area contributed by atoms with Gasteiger partial charge in [0.2, 0.25) is 5.71 Å². The smallest absolute Gasteiger partial charge is 0.226 e. The lowest BCUT2D eigenvalue weighted by molar-refractivity contribution is 0.567. The SMILES string of the molecule is CC.Cc1cnc2oc(C)cc2c1. The molecule has 0 aliphatic carbocycles. The van der Waals surface area contributed by atoms with E-state index in [0.29, 0.717) is 0 Å². The van der Waals surface area contributed by atoms with Gasteiger partial charge in [0, 0.05) is 11.6 Å². The molecule has 0 radical (unpaired) electrons. The molecule has 13 heavy (non-hydrogen) atoms. The molecule has 2 aromatic heterocycles. The standard InChI is InChI=1S/C9H9NO.C2H6/c1-6-3-8-4-7(2)11-9(8)10-5-6;1-2/h3-5H,1-2H3;1-2H3. The van der Waals surface area contributed by atoms with Crippen LogP contribution in [0.25, 0.3) is 11.1 Å². The first-order valence-corrected chi connectivity index (χ1v) is 4.58. The molecule has 0 amide bonds. The number of fused-ring (bicyclic) bond motifs is 1. The van der Waals surface area contributed by atoms with Gasteiger partial charge in [0.25, 0.3) is 0 Å². The van der Waals surface area contributed by atoms with Gasteiger partial charge in [0.1, 0.15) is 5.76 Å². The monoisotopic (exact) mass is 177 g/mol. The maximum absolute atomic E-state index is 5.31. The highest BCUT2D eigenvalue weighted by Crippen LogP contribution is 2.16. The van der Waals surface area contributed by atoms with Crippen molar-refractivity contribution in [2.75, 3.05) is 0 Å². The number of nitrogens with zero attached hydrogens (tertiary/aromatic N) is 1. The Hall–Kier alpha value is -1.31. The van der Waals surface area contributed by atoms with Gasteiger partial charge in [-0.05, 0) is 31.5 Å². The van der Waals surface area contributed by atoms with Crippen LogP contribution in [0.4, 0.5) is 0 Å². The molecule has 0 fully saturated rings. The lowest BCUT2D eigenvalue weighted by Crippen LogP contribution is -1.74. The molecular formula is C11H15NO. The van der Waals surface area contributed by atoms with Crippen LogP contribution in [0.5, 0.6) is 0 Å². The number of aromatic nitrogens is 1. The first-order valence-electron chi connectivity index (χ1n) is 4.58. The third-order valence-corrected chi connectivity index (χ3v) is 1.63. The van der Waals surface area contributed by atoms with E-state index in [1.807, 2.05) is 40.0 Å². The van der Waals surface area contributed by atoms with Gasteiger partial charge in [-0.25, -0.2) is 4.98 Å². The van der Waals surface area contributed by atoms with Gasteiger partial charge in [-0.2, -0.15) is 0 Å². The Morgan fingerprint density at radius 3 is 2.54 bits per heavy atom. The lowest BCUT2D eigenvalue weighted by atomic mass is 10.2. The lowest BCUT2D eigenvalue weighted by Gasteiger charge is -1.88. The molecule has 0 aliphatic rings. The molecule has 2 nitrogen and oxygen atoms in total. The molecule has 0 unspecified atom stereocenters. The van der Waals surface area contributed by atoms with Crippen LogP contribution in [-0.2, 0) is 0 Å². The summed E-state index contributed by atoms with van der Waals surface area (Å²) in [6, 6.07) is 4.06. The quantitative estimate of drug-likeness (QED) is 0.615. The Morgan fingerprint density at radius 1 is 1.15 bits per heavy atom. The van der Waals surface area contributed by atoms with Crippen LogP contribution in [0, 0.1) is 13.8 Å². The second-order valence-corrected chi connectivity index (χ2v) is 2.76. The Morgan fingerprint density at radius 2 is 1.85 bits per heavy atom. The highest BCUT2D eigenvalue weighted by atomic mass is 16.3. The second-order valence-electron chi connectivity index (χ2n) is 2.76. The molecular weight excluding hydrogens is 162 g/mol. The van der Waals surface area contributed by atoms with Gasteiger partial charge in [-0.3, -0.25) is 0 Å². The second kappa shape index (κ2) is 4.08. The molecule has 2 aromatic rings. The van der Waals surface area contributed by atoms with Crippen molar-refractivity contribution >= 4 is 11.1 Å². The van der Waals surface area contributed by atoms with Crippen LogP contribution in [0.3, 0.4) is 0 Å². The summed E-state index contributed by atoms with van der Waals surface area (Å²) in [4.78, 5) is 4.13. The van der Waals surface area contributed by atoms with E-state index < -0.39 is 0 Å². The van der Waals surface area contributed by atoms with Gasteiger partial charge >= 0.3 is 0 Å². The summed E-state index contributed by atoms with van der Waals surface area (Å²) in [7, 11) is 0. The van der Waals surface area contributed by atoms with Crippen molar-refractivity contribution in [2.24, 2.45) is 0 Å². The summed E-state index contributed by atoms with van der Waals surface area (Å²) >= 11 is 0. The number of hydrogen-bond donors (Lipinski definition) is 0. The minimum absolute atomic E-state index is 0.730. The van der Waals surface area contributed by atoms with E-state index in [2.05, 4.69) is 11.1 Å². The zero-order valence-corrected chi connectivity index (χ0v) is 8.59. The summed E-state index contributed by atoms with van der Waals surface area (Å²) in [5.74, 6) is 0.915. The Balaban J connectivity index is 0.000000396. The minimum atomic E-state index is 0.730. The zero-order valence-electron chi connectivity index (χ0n) is 8.59. The number of pyridine rings is 1. The molecule has 70 valence electrons. The highest BCUT2D eigenvalue weighted by molar-refractivity contribution is 5.74. The van der Waals surface area contributed by atoms with E-state index >= 15 is 0 Å². The van der Waals surface area contributed by atoms with Crippen molar-refractivity contribution in [1.82, 2.24) is 4.98 Å². The summed E-state index contributed by atoms with van der Waals surface area (Å²) in [5.41, 5.74) is 1.89. The highest BCUT2D eigenvalue weighted by Gasteiger charge is 1.99. The van der Waals surface area contributed by atoms with Crippen LogP contribution in [0.15, 0.2) is 22.7 Å². The maximum atomic E-state index is 5.31. The predicted molar refractivity (Wildman–Crippen MR) is 54.8 cm³/mol. The van der Waals surface area contributed by atoms with Crippen molar-refractivity contribution in [3.05, 3.63) is 29.7 Å². The molecule has 2 heterocycles. The van der Waals surface area contributed by atoms with E-state index in [9.17, 15) is 0 Å². The van der Waals surface area contributed by atoms with E-state index in [1.165, 1.54) is 5.56 Å². The van der Waals surface area contributed by atoms with Gasteiger partial charge in [-0.1, -0.05) is 13.8 Å².